The first kappa shape index (κ1) is 21.8. The van der Waals surface area contributed by atoms with Gasteiger partial charge in [0.25, 0.3) is 0 Å². The van der Waals surface area contributed by atoms with Crippen molar-refractivity contribution in [1.82, 2.24) is 0 Å². The van der Waals surface area contributed by atoms with Crippen molar-refractivity contribution < 1.29 is 24.2 Å². The fraction of sp³-hybridized carbons (Fsp3) is 0.429. The Bertz CT molecular complexity index is 938. The molecule has 1 aliphatic rings. The molecular formula is C21H26NO5PS. The van der Waals surface area contributed by atoms with Gasteiger partial charge in [-0.3, -0.25) is 9.36 Å². The van der Waals surface area contributed by atoms with E-state index >= 15 is 0 Å². The second kappa shape index (κ2) is 8.82. The second-order valence-electron chi connectivity index (χ2n) is 8.01. The predicted octanol–water partition coefficient (Wildman–Crippen LogP) is 5.28. The van der Waals surface area contributed by atoms with Crippen LogP contribution in [0.15, 0.2) is 30.3 Å². The van der Waals surface area contributed by atoms with Crippen LogP contribution in [0.4, 0.5) is 5.69 Å². The van der Waals surface area contributed by atoms with Crippen LogP contribution in [0.1, 0.15) is 47.8 Å². The molecule has 1 fully saturated rings. The number of rotatable bonds is 6. The summed E-state index contributed by atoms with van der Waals surface area (Å²) in [6, 6.07) is 8.84. The summed E-state index contributed by atoms with van der Waals surface area (Å²) in [5.41, 5.74) is 1.88. The second-order valence-corrected chi connectivity index (χ2v) is 11.5. The molecule has 1 heterocycles. The molecule has 3 rings (SSSR count). The number of carboxylic acids is 1. The van der Waals surface area contributed by atoms with Gasteiger partial charge in [0.2, 0.25) is 13.3 Å². The lowest BCUT2D eigenvalue weighted by Gasteiger charge is -2.25. The van der Waals surface area contributed by atoms with Gasteiger partial charge in [0, 0.05) is 23.6 Å². The largest absolute Gasteiger partial charge is 0.477 e. The zero-order valence-electron chi connectivity index (χ0n) is 16.6. The molecule has 1 aromatic carbocycles. The van der Waals surface area contributed by atoms with E-state index < -0.39 is 13.3 Å². The van der Waals surface area contributed by atoms with Crippen molar-refractivity contribution in [2.24, 2.45) is 11.8 Å². The Kier molecular flexibility index (Phi) is 6.62. The van der Waals surface area contributed by atoms with Crippen LogP contribution in [0, 0.1) is 11.8 Å². The molecule has 1 atom stereocenters. The molecule has 0 radical (unpaired) electrons. The van der Waals surface area contributed by atoms with E-state index in [1.165, 1.54) is 6.66 Å². The van der Waals surface area contributed by atoms with E-state index in [2.05, 4.69) is 12.2 Å². The Hall–Kier alpha value is -1.95. The van der Waals surface area contributed by atoms with E-state index in [9.17, 15) is 24.2 Å². The molecule has 1 amide bonds. The topological polar surface area (TPSA) is 104 Å². The molecular weight excluding hydrogens is 409 g/mol. The average Bonchev–Trinajstić information content (AvgIpc) is 3.05. The molecule has 0 saturated heterocycles. The van der Waals surface area contributed by atoms with Crippen LogP contribution >= 0.6 is 18.7 Å². The summed E-state index contributed by atoms with van der Waals surface area (Å²) in [7, 11) is -3.15. The maximum absolute atomic E-state index is 12.6. The van der Waals surface area contributed by atoms with E-state index in [0.29, 0.717) is 11.6 Å². The molecule has 8 heteroatoms. The highest BCUT2D eigenvalue weighted by atomic mass is 32.1. The monoisotopic (exact) mass is 435 g/mol. The van der Waals surface area contributed by atoms with Crippen LogP contribution in [0.5, 0.6) is 0 Å². The fourth-order valence-corrected chi connectivity index (χ4v) is 5.50. The van der Waals surface area contributed by atoms with E-state index in [4.69, 9.17) is 0 Å². The third kappa shape index (κ3) is 5.78. The first-order valence-corrected chi connectivity index (χ1v) is 12.8. The molecule has 0 aliphatic heterocycles. The lowest BCUT2D eigenvalue weighted by atomic mass is 9.82. The Morgan fingerprint density at radius 2 is 1.79 bits per heavy atom. The minimum absolute atomic E-state index is 0.0707. The standard InChI is InChI=1S/C21H26NO5PS/c1-13-3-7-16(8-4-13)20(23)22-17-11-18(29-19(17)21(24)25)15-9-5-14(6-10-15)12-28(2,26)27/h5-6,9-11,13,16H,3-4,7-8,12H2,1-2H3,(H,22,23)(H,24,25)(H,26,27). The summed E-state index contributed by atoms with van der Waals surface area (Å²) in [5.74, 6) is -0.617. The van der Waals surface area contributed by atoms with Crippen molar-refractivity contribution in [2.75, 3.05) is 12.0 Å². The summed E-state index contributed by atoms with van der Waals surface area (Å²) in [5, 5.41) is 12.4. The van der Waals surface area contributed by atoms with Gasteiger partial charge in [-0.25, -0.2) is 4.79 Å². The number of carbonyl (C=O) groups is 2. The van der Waals surface area contributed by atoms with Gasteiger partial charge in [-0.1, -0.05) is 31.2 Å². The number of aromatic carboxylic acids is 1. The number of carbonyl (C=O) groups excluding carboxylic acids is 1. The van der Waals surface area contributed by atoms with E-state index in [0.717, 1.165) is 53.0 Å². The van der Waals surface area contributed by atoms with Gasteiger partial charge in [-0.05, 0) is 48.8 Å². The molecule has 29 heavy (non-hydrogen) atoms. The summed E-state index contributed by atoms with van der Waals surface area (Å²) in [4.78, 5) is 34.7. The first-order chi connectivity index (χ1) is 13.6. The van der Waals surface area contributed by atoms with Crippen LogP contribution in [0.25, 0.3) is 10.4 Å². The zero-order chi connectivity index (χ0) is 21.2. The minimum atomic E-state index is -3.15. The smallest absolute Gasteiger partial charge is 0.348 e. The quantitative estimate of drug-likeness (QED) is 0.536. The number of nitrogens with one attached hydrogen (secondary N) is 1. The minimum Gasteiger partial charge on any atom is -0.477 e. The first-order valence-electron chi connectivity index (χ1n) is 9.69. The van der Waals surface area contributed by atoms with Gasteiger partial charge in [-0.2, -0.15) is 0 Å². The van der Waals surface area contributed by atoms with Crippen molar-refractivity contribution in [3.8, 4) is 10.4 Å². The van der Waals surface area contributed by atoms with Gasteiger partial charge in [0.15, 0.2) is 0 Å². The maximum atomic E-state index is 12.6. The lowest BCUT2D eigenvalue weighted by molar-refractivity contribution is -0.121. The molecule has 0 bridgehead atoms. The number of hydrogen-bond acceptors (Lipinski definition) is 4. The van der Waals surface area contributed by atoms with Crippen molar-refractivity contribution >= 4 is 36.3 Å². The van der Waals surface area contributed by atoms with Crippen LogP contribution in [0.3, 0.4) is 0 Å². The maximum Gasteiger partial charge on any atom is 0.348 e. The molecule has 6 nitrogen and oxygen atoms in total. The number of amides is 1. The Morgan fingerprint density at radius 3 is 2.34 bits per heavy atom. The summed E-state index contributed by atoms with van der Waals surface area (Å²) < 4.78 is 11.6. The van der Waals surface area contributed by atoms with Crippen molar-refractivity contribution in [3.05, 3.63) is 40.8 Å². The number of anilines is 1. The average molecular weight is 435 g/mol. The van der Waals surface area contributed by atoms with Crippen molar-refractivity contribution in [1.29, 1.82) is 0 Å². The van der Waals surface area contributed by atoms with Gasteiger partial charge in [-0.15, -0.1) is 11.3 Å². The summed E-state index contributed by atoms with van der Waals surface area (Å²) in [6.45, 7) is 3.51. The molecule has 1 aliphatic carbocycles. The van der Waals surface area contributed by atoms with Crippen LogP contribution in [0.2, 0.25) is 0 Å². The van der Waals surface area contributed by atoms with Gasteiger partial charge < -0.3 is 15.3 Å². The number of thiophene rings is 1. The zero-order valence-corrected chi connectivity index (χ0v) is 18.3. The summed E-state index contributed by atoms with van der Waals surface area (Å²) in [6.07, 6.45) is 3.80. The highest BCUT2D eigenvalue weighted by Crippen LogP contribution is 2.41. The molecule has 0 spiro atoms. The van der Waals surface area contributed by atoms with E-state index in [1.54, 1.807) is 30.3 Å². The molecule has 1 aromatic heterocycles. The van der Waals surface area contributed by atoms with E-state index in [1.807, 2.05) is 0 Å². The Labute approximate surface area is 174 Å². The molecule has 156 valence electrons. The normalized spacial score (nSPS) is 21.3. The number of hydrogen-bond donors (Lipinski definition) is 3. The molecule has 2 aromatic rings. The SMILES string of the molecule is CC1CCC(C(=O)Nc2cc(-c3ccc(CP(C)(=O)O)cc3)sc2C(=O)O)CC1. The molecule has 1 saturated carbocycles. The van der Waals surface area contributed by atoms with Gasteiger partial charge >= 0.3 is 5.97 Å². The van der Waals surface area contributed by atoms with Crippen molar-refractivity contribution in [2.45, 2.75) is 38.8 Å². The van der Waals surface area contributed by atoms with Crippen LogP contribution in [-0.4, -0.2) is 28.5 Å². The Morgan fingerprint density at radius 1 is 1.17 bits per heavy atom. The highest BCUT2D eigenvalue weighted by Gasteiger charge is 2.26. The molecule has 1 unspecified atom stereocenters. The van der Waals surface area contributed by atoms with Crippen LogP contribution < -0.4 is 5.32 Å². The Balaban J connectivity index is 1.79. The number of benzene rings is 1. The number of carboxylic acid groups (broad SMARTS) is 1. The van der Waals surface area contributed by atoms with Crippen molar-refractivity contribution in [3.63, 3.8) is 0 Å². The van der Waals surface area contributed by atoms with Gasteiger partial charge in [0.05, 0.1) is 5.69 Å². The third-order valence-corrected chi connectivity index (χ3v) is 7.41. The highest BCUT2D eigenvalue weighted by molar-refractivity contribution is 7.56. The molecule has 3 N–H and O–H groups in total. The predicted molar refractivity (Wildman–Crippen MR) is 116 cm³/mol. The van der Waals surface area contributed by atoms with Gasteiger partial charge in [0.1, 0.15) is 4.88 Å². The summed E-state index contributed by atoms with van der Waals surface area (Å²) >= 11 is 1.11. The third-order valence-electron chi connectivity index (χ3n) is 5.29. The van der Waals surface area contributed by atoms with Crippen LogP contribution in [-0.2, 0) is 15.5 Å². The fourth-order valence-electron chi connectivity index (χ4n) is 3.66. The van der Waals surface area contributed by atoms with E-state index in [-0.39, 0.29) is 22.9 Å². The lowest BCUT2D eigenvalue weighted by Crippen LogP contribution is -2.27.